The molecule has 1 aromatic rings. The molecule has 2 fully saturated rings. The van der Waals surface area contributed by atoms with Crippen molar-refractivity contribution in [2.75, 3.05) is 50.1 Å². The van der Waals surface area contributed by atoms with E-state index in [2.05, 4.69) is 20.2 Å². The number of hydrogen-bond acceptors (Lipinski definition) is 5. The predicted octanol–water partition coefficient (Wildman–Crippen LogP) is 0.198. The fraction of sp³-hybridized carbons (Fsp3) is 0.667. The van der Waals surface area contributed by atoms with Crippen molar-refractivity contribution >= 4 is 11.8 Å². The first-order chi connectivity index (χ1) is 8.24. The topological polar surface area (TPSA) is 44.3 Å². The summed E-state index contributed by atoms with van der Waals surface area (Å²) in [7, 11) is 3.95. The Kier molecular flexibility index (Phi) is 2.63. The molecule has 2 aliphatic heterocycles. The van der Waals surface area contributed by atoms with E-state index in [9.17, 15) is 0 Å². The summed E-state index contributed by atoms with van der Waals surface area (Å²) in [5, 5.41) is 3.46. The number of fused-ring (bicyclic) bond motifs is 1. The average molecular weight is 233 g/mol. The molecule has 2 aliphatic rings. The van der Waals surface area contributed by atoms with E-state index in [1.54, 1.807) is 0 Å². The largest absolute Gasteiger partial charge is 0.356 e. The molecule has 2 unspecified atom stereocenters. The number of nitrogens with zero attached hydrogens (tertiary/aromatic N) is 4. The van der Waals surface area contributed by atoms with Crippen LogP contribution in [-0.2, 0) is 0 Å². The van der Waals surface area contributed by atoms with Gasteiger partial charge in [0, 0.05) is 46.5 Å². The maximum absolute atomic E-state index is 4.60. The van der Waals surface area contributed by atoms with Gasteiger partial charge in [-0.05, 0) is 17.9 Å². The first-order valence-electron chi connectivity index (χ1n) is 6.20. The van der Waals surface area contributed by atoms with Crippen molar-refractivity contribution in [1.29, 1.82) is 0 Å². The summed E-state index contributed by atoms with van der Waals surface area (Å²) in [6.45, 7) is 4.57. The maximum Gasteiger partial charge on any atom is 0.226 e. The number of hydrogen-bond donors (Lipinski definition) is 1. The van der Waals surface area contributed by atoms with Crippen LogP contribution in [0.15, 0.2) is 12.3 Å². The van der Waals surface area contributed by atoms with E-state index in [1.807, 2.05) is 31.3 Å². The highest BCUT2D eigenvalue weighted by molar-refractivity contribution is 5.44. The van der Waals surface area contributed by atoms with Crippen LogP contribution in [0, 0.1) is 11.8 Å². The minimum absolute atomic E-state index is 0.790. The summed E-state index contributed by atoms with van der Waals surface area (Å²) in [6, 6.07) is 2.02. The van der Waals surface area contributed by atoms with Gasteiger partial charge in [-0.15, -0.1) is 0 Å². The molecule has 0 aromatic carbocycles. The van der Waals surface area contributed by atoms with Gasteiger partial charge in [-0.25, -0.2) is 4.98 Å². The minimum atomic E-state index is 0.790. The van der Waals surface area contributed by atoms with Gasteiger partial charge < -0.3 is 15.1 Å². The molecule has 1 aromatic heterocycles. The summed E-state index contributed by atoms with van der Waals surface area (Å²) in [5.41, 5.74) is 0. The van der Waals surface area contributed by atoms with Crippen molar-refractivity contribution in [3.8, 4) is 0 Å². The van der Waals surface area contributed by atoms with Crippen LogP contribution in [0.5, 0.6) is 0 Å². The molecular formula is C12H19N5. The monoisotopic (exact) mass is 233 g/mol. The second kappa shape index (κ2) is 4.14. The molecule has 0 spiro atoms. The molecule has 2 saturated heterocycles. The normalized spacial score (nSPS) is 27.3. The zero-order valence-corrected chi connectivity index (χ0v) is 10.4. The van der Waals surface area contributed by atoms with Gasteiger partial charge in [0.1, 0.15) is 5.82 Å². The number of nitrogens with one attached hydrogen (secondary N) is 1. The molecule has 5 heteroatoms. The van der Waals surface area contributed by atoms with Gasteiger partial charge in [0.15, 0.2) is 0 Å². The van der Waals surface area contributed by atoms with E-state index in [4.69, 9.17) is 0 Å². The van der Waals surface area contributed by atoms with Crippen molar-refractivity contribution in [2.24, 2.45) is 11.8 Å². The summed E-state index contributed by atoms with van der Waals surface area (Å²) in [5.74, 6) is 3.45. The first kappa shape index (κ1) is 10.8. The Morgan fingerprint density at radius 3 is 2.65 bits per heavy atom. The van der Waals surface area contributed by atoms with Crippen LogP contribution in [0.25, 0.3) is 0 Å². The average Bonchev–Trinajstić information content (AvgIpc) is 2.89. The second-order valence-electron chi connectivity index (χ2n) is 5.19. The number of anilines is 2. The molecule has 0 aliphatic carbocycles. The van der Waals surface area contributed by atoms with Gasteiger partial charge in [0.25, 0.3) is 0 Å². The van der Waals surface area contributed by atoms with E-state index in [0.29, 0.717) is 0 Å². The van der Waals surface area contributed by atoms with Crippen LogP contribution in [0.3, 0.4) is 0 Å². The Morgan fingerprint density at radius 1 is 1.29 bits per heavy atom. The molecule has 17 heavy (non-hydrogen) atoms. The third-order valence-corrected chi connectivity index (χ3v) is 3.74. The van der Waals surface area contributed by atoms with Crippen LogP contribution < -0.4 is 15.1 Å². The van der Waals surface area contributed by atoms with Crippen LogP contribution >= 0.6 is 0 Å². The molecule has 3 rings (SSSR count). The Morgan fingerprint density at radius 2 is 2.00 bits per heavy atom. The van der Waals surface area contributed by atoms with Gasteiger partial charge in [-0.2, -0.15) is 4.98 Å². The fourth-order valence-electron chi connectivity index (χ4n) is 2.77. The highest BCUT2D eigenvalue weighted by atomic mass is 15.3. The minimum Gasteiger partial charge on any atom is -0.356 e. The smallest absolute Gasteiger partial charge is 0.226 e. The molecular weight excluding hydrogens is 214 g/mol. The van der Waals surface area contributed by atoms with Crippen LogP contribution in [0.2, 0.25) is 0 Å². The van der Waals surface area contributed by atoms with Gasteiger partial charge >= 0.3 is 0 Å². The van der Waals surface area contributed by atoms with E-state index in [-0.39, 0.29) is 0 Å². The van der Waals surface area contributed by atoms with Gasteiger partial charge in [-0.1, -0.05) is 0 Å². The van der Waals surface area contributed by atoms with Crippen LogP contribution in [0.1, 0.15) is 0 Å². The summed E-state index contributed by atoms with van der Waals surface area (Å²) < 4.78 is 0. The standard InChI is InChI=1S/C12H19N5/c1-16(2)12-14-4-3-11(15-12)17-7-9-5-13-6-10(9)8-17/h3-4,9-10,13H,5-8H2,1-2H3. The van der Waals surface area contributed by atoms with Crippen LogP contribution in [-0.4, -0.2) is 50.2 Å². The Hall–Kier alpha value is -1.36. The van der Waals surface area contributed by atoms with E-state index in [1.165, 1.54) is 0 Å². The lowest BCUT2D eigenvalue weighted by Gasteiger charge is -2.20. The molecule has 92 valence electrons. The van der Waals surface area contributed by atoms with Crippen molar-refractivity contribution in [3.05, 3.63) is 12.3 Å². The fourth-order valence-corrected chi connectivity index (χ4v) is 2.77. The molecule has 0 radical (unpaired) electrons. The third-order valence-electron chi connectivity index (χ3n) is 3.74. The first-order valence-corrected chi connectivity index (χ1v) is 6.20. The SMILES string of the molecule is CN(C)c1nccc(N2CC3CNCC3C2)n1. The quantitative estimate of drug-likeness (QED) is 0.790. The Balaban J connectivity index is 1.78. The van der Waals surface area contributed by atoms with Crippen molar-refractivity contribution < 1.29 is 0 Å². The molecule has 5 nitrogen and oxygen atoms in total. The van der Waals surface area contributed by atoms with Gasteiger partial charge in [-0.3, -0.25) is 0 Å². The lowest BCUT2D eigenvalue weighted by molar-refractivity contribution is 0.533. The molecule has 1 N–H and O–H groups in total. The molecule has 3 heterocycles. The zero-order chi connectivity index (χ0) is 11.8. The molecule has 0 amide bonds. The lowest BCUT2D eigenvalue weighted by Crippen LogP contribution is -2.26. The highest BCUT2D eigenvalue weighted by Gasteiger charge is 2.36. The highest BCUT2D eigenvalue weighted by Crippen LogP contribution is 2.29. The van der Waals surface area contributed by atoms with Gasteiger partial charge in [0.2, 0.25) is 5.95 Å². The Bertz CT molecular complexity index is 394. The second-order valence-corrected chi connectivity index (χ2v) is 5.19. The Labute approximate surface area is 102 Å². The zero-order valence-electron chi connectivity index (χ0n) is 10.4. The van der Waals surface area contributed by atoms with Gasteiger partial charge in [0.05, 0.1) is 0 Å². The van der Waals surface area contributed by atoms with E-state index >= 15 is 0 Å². The van der Waals surface area contributed by atoms with Crippen molar-refractivity contribution in [2.45, 2.75) is 0 Å². The van der Waals surface area contributed by atoms with Crippen LogP contribution in [0.4, 0.5) is 11.8 Å². The number of aromatic nitrogens is 2. The number of rotatable bonds is 2. The molecule has 0 bridgehead atoms. The molecule has 2 atom stereocenters. The summed E-state index contributed by atoms with van der Waals surface area (Å²) in [4.78, 5) is 13.2. The molecule has 0 saturated carbocycles. The van der Waals surface area contributed by atoms with E-state index in [0.717, 1.165) is 49.8 Å². The van der Waals surface area contributed by atoms with Crippen molar-refractivity contribution in [1.82, 2.24) is 15.3 Å². The van der Waals surface area contributed by atoms with Crippen molar-refractivity contribution in [3.63, 3.8) is 0 Å². The lowest BCUT2D eigenvalue weighted by atomic mass is 10.0. The predicted molar refractivity (Wildman–Crippen MR) is 68.4 cm³/mol. The maximum atomic E-state index is 4.60. The third kappa shape index (κ3) is 1.95. The van der Waals surface area contributed by atoms with E-state index < -0.39 is 0 Å². The summed E-state index contributed by atoms with van der Waals surface area (Å²) in [6.07, 6.45) is 1.85. The summed E-state index contributed by atoms with van der Waals surface area (Å²) >= 11 is 0.